The molecular weight excluding hydrogens is 288 g/mol. The molecule has 0 amide bonds. The van der Waals surface area contributed by atoms with E-state index in [-0.39, 0.29) is 17.1 Å². The molecule has 23 heavy (non-hydrogen) atoms. The van der Waals surface area contributed by atoms with E-state index in [1.165, 1.54) is 5.57 Å². The Bertz CT molecular complexity index is 604. The van der Waals surface area contributed by atoms with Gasteiger partial charge in [-0.25, -0.2) is 0 Å². The Morgan fingerprint density at radius 3 is 2.61 bits per heavy atom. The second-order valence-corrected chi connectivity index (χ2v) is 8.61. The van der Waals surface area contributed by atoms with Gasteiger partial charge >= 0.3 is 5.97 Å². The van der Waals surface area contributed by atoms with Crippen molar-refractivity contribution in [3.05, 3.63) is 24.3 Å². The van der Waals surface area contributed by atoms with Crippen LogP contribution < -0.4 is 0 Å². The van der Waals surface area contributed by atoms with E-state index in [4.69, 9.17) is 0 Å². The van der Waals surface area contributed by atoms with Gasteiger partial charge in [-0.15, -0.1) is 6.58 Å². The second-order valence-electron chi connectivity index (χ2n) is 8.61. The molecule has 3 aliphatic rings. The predicted molar refractivity (Wildman–Crippen MR) is 89.9 cm³/mol. The molecule has 0 spiro atoms. The molecular formula is C20H28O3. The quantitative estimate of drug-likeness (QED) is 0.769. The van der Waals surface area contributed by atoms with E-state index < -0.39 is 16.8 Å². The van der Waals surface area contributed by atoms with E-state index in [0.29, 0.717) is 5.92 Å². The van der Waals surface area contributed by atoms with Crippen molar-refractivity contribution in [1.82, 2.24) is 0 Å². The highest BCUT2D eigenvalue weighted by atomic mass is 16.4. The highest BCUT2D eigenvalue weighted by Gasteiger charge is 2.58. The summed E-state index contributed by atoms with van der Waals surface area (Å²) < 4.78 is 0. The number of carbonyl (C=O) groups is 2. The fourth-order valence-electron chi connectivity index (χ4n) is 5.70. The van der Waals surface area contributed by atoms with Crippen LogP contribution in [0.15, 0.2) is 24.3 Å². The third-order valence-electron chi connectivity index (χ3n) is 7.29. The van der Waals surface area contributed by atoms with Gasteiger partial charge in [-0.3, -0.25) is 9.59 Å². The highest BCUT2D eigenvalue weighted by Crippen LogP contribution is 2.63. The molecule has 5 atom stereocenters. The van der Waals surface area contributed by atoms with Crippen molar-refractivity contribution < 1.29 is 14.7 Å². The zero-order valence-corrected chi connectivity index (χ0v) is 14.5. The van der Waals surface area contributed by atoms with E-state index in [9.17, 15) is 14.7 Å². The van der Waals surface area contributed by atoms with E-state index in [0.717, 1.165) is 38.5 Å². The van der Waals surface area contributed by atoms with Gasteiger partial charge in [-0.2, -0.15) is 0 Å². The number of ketones is 1. The maximum atomic E-state index is 12.6. The number of carbonyl (C=O) groups excluding carboxylic acids is 1. The summed E-state index contributed by atoms with van der Waals surface area (Å²) in [6.07, 6.45) is 9.09. The lowest BCUT2D eigenvalue weighted by Crippen LogP contribution is -2.53. The molecule has 2 saturated carbocycles. The zero-order valence-electron chi connectivity index (χ0n) is 14.5. The summed E-state index contributed by atoms with van der Waals surface area (Å²) in [5.74, 6) is -0.00787. The van der Waals surface area contributed by atoms with Crippen LogP contribution >= 0.6 is 0 Å². The van der Waals surface area contributed by atoms with Gasteiger partial charge in [0, 0.05) is 5.41 Å². The number of allylic oxidation sites excluding steroid dienone is 3. The Balaban J connectivity index is 2.06. The molecule has 126 valence electrons. The van der Waals surface area contributed by atoms with Crippen LogP contribution in [0.1, 0.15) is 59.3 Å². The van der Waals surface area contributed by atoms with Crippen LogP contribution in [-0.2, 0) is 9.59 Å². The fraction of sp³-hybridized carbons (Fsp3) is 0.700. The Kier molecular flexibility index (Phi) is 3.62. The second kappa shape index (κ2) is 5.06. The lowest BCUT2D eigenvalue weighted by molar-refractivity contribution is -0.160. The summed E-state index contributed by atoms with van der Waals surface area (Å²) in [5, 5.41) is 9.82. The number of hydrogen-bond acceptors (Lipinski definition) is 2. The van der Waals surface area contributed by atoms with Crippen molar-refractivity contribution in [2.45, 2.75) is 59.3 Å². The summed E-state index contributed by atoms with van der Waals surface area (Å²) in [5.41, 5.74) is -0.0411. The van der Waals surface area contributed by atoms with E-state index in [2.05, 4.69) is 13.5 Å². The first-order valence-corrected chi connectivity index (χ1v) is 8.81. The van der Waals surface area contributed by atoms with Crippen molar-refractivity contribution in [1.29, 1.82) is 0 Å². The normalized spacial score (nSPS) is 46.4. The fourth-order valence-corrected chi connectivity index (χ4v) is 5.70. The summed E-state index contributed by atoms with van der Waals surface area (Å²) in [7, 11) is 0. The minimum atomic E-state index is -0.675. The van der Waals surface area contributed by atoms with Crippen molar-refractivity contribution >= 4 is 11.8 Å². The Morgan fingerprint density at radius 2 is 2.00 bits per heavy atom. The largest absolute Gasteiger partial charge is 0.481 e. The number of carboxylic acid groups (broad SMARTS) is 1. The number of hydrogen-bond donors (Lipinski definition) is 1. The lowest BCUT2D eigenvalue weighted by atomic mass is 9.46. The lowest BCUT2D eigenvalue weighted by Gasteiger charge is -2.57. The van der Waals surface area contributed by atoms with Gasteiger partial charge in [0.25, 0.3) is 0 Å². The summed E-state index contributed by atoms with van der Waals surface area (Å²) in [4.78, 5) is 24.6. The van der Waals surface area contributed by atoms with Crippen LogP contribution in [0.4, 0.5) is 0 Å². The number of rotatable bonds is 2. The molecule has 3 aliphatic carbocycles. The monoisotopic (exact) mass is 316 g/mol. The van der Waals surface area contributed by atoms with E-state index in [1.54, 1.807) is 6.08 Å². The molecule has 0 aliphatic heterocycles. The number of carboxylic acids is 1. The Labute approximate surface area is 138 Å². The van der Waals surface area contributed by atoms with Crippen LogP contribution in [0.2, 0.25) is 0 Å². The first-order chi connectivity index (χ1) is 10.7. The summed E-state index contributed by atoms with van der Waals surface area (Å²) in [6, 6.07) is 0. The Morgan fingerprint density at radius 1 is 1.30 bits per heavy atom. The summed E-state index contributed by atoms with van der Waals surface area (Å²) in [6.45, 7) is 9.96. The minimum absolute atomic E-state index is 0.129. The highest BCUT2D eigenvalue weighted by molar-refractivity contribution is 5.97. The number of fused-ring (bicyclic) bond motifs is 3. The van der Waals surface area contributed by atoms with Crippen LogP contribution in [0.25, 0.3) is 0 Å². The SMILES string of the molecule is C=C[C@@]1(C)C[C@@H]2CC[C@H]3[C@@](C)(C(=O)O)CCC[C@]3(C)C2=CC1=O. The minimum Gasteiger partial charge on any atom is -0.481 e. The topological polar surface area (TPSA) is 54.4 Å². The van der Waals surface area contributed by atoms with Gasteiger partial charge in [-0.1, -0.05) is 25.0 Å². The standard InChI is InChI=1S/C20H28O3/c1-5-18(2)12-13-7-8-15-19(3,14(13)11-16(18)21)9-6-10-20(15,4)17(22)23/h5,11,13,15H,1,6-10,12H2,2-4H3,(H,22,23)/t13-,15+,18-,19+,20-/m0/s1. The average molecular weight is 316 g/mol. The Hall–Kier alpha value is -1.38. The van der Waals surface area contributed by atoms with Crippen molar-refractivity contribution in [2.24, 2.45) is 28.1 Å². The van der Waals surface area contributed by atoms with Crippen LogP contribution in [-0.4, -0.2) is 16.9 Å². The smallest absolute Gasteiger partial charge is 0.309 e. The maximum Gasteiger partial charge on any atom is 0.309 e. The van der Waals surface area contributed by atoms with E-state index >= 15 is 0 Å². The first-order valence-electron chi connectivity index (χ1n) is 8.81. The van der Waals surface area contributed by atoms with Crippen LogP contribution in [0, 0.1) is 28.1 Å². The third-order valence-corrected chi connectivity index (χ3v) is 7.29. The van der Waals surface area contributed by atoms with Gasteiger partial charge in [0.05, 0.1) is 5.41 Å². The van der Waals surface area contributed by atoms with Crippen molar-refractivity contribution in [3.8, 4) is 0 Å². The third kappa shape index (κ3) is 2.15. The molecule has 0 aromatic rings. The van der Waals surface area contributed by atoms with Gasteiger partial charge in [-0.05, 0) is 69.3 Å². The van der Waals surface area contributed by atoms with Crippen LogP contribution in [0.3, 0.4) is 0 Å². The molecule has 0 unspecified atom stereocenters. The van der Waals surface area contributed by atoms with Gasteiger partial charge in [0.15, 0.2) is 5.78 Å². The molecule has 0 aromatic carbocycles. The molecule has 2 fully saturated rings. The van der Waals surface area contributed by atoms with Gasteiger partial charge < -0.3 is 5.11 Å². The molecule has 0 heterocycles. The maximum absolute atomic E-state index is 12.6. The molecule has 0 saturated heterocycles. The molecule has 0 aromatic heterocycles. The molecule has 3 heteroatoms. The average Bonchev–Trinajstić information content (AvgIpc) is 2.49. The van der Waals surface area contributed by atoms with Crippen LogP contribution in [0.5, 0.6) is 0 Å². The molecule has 3 nitrogen and oxygen atoms in total. The van der Waals surface area contributed by atoms with E-state index in [1.807, 2.05) is 19.9 Å². The summed E-state index contributed by atoms with van der Waals surface area (Å²) >= 11 is 0. The van der Waals surface area contributed by atoms with Crippen molar-refractivity contribution in [3.63, 3.8) is 0 Å². The zero-order chi connectivity index (χ0) is 17.0. The molecule has 1 N–H and O–H groups in total. The van der Waals surface area contributed by atoms with Crippen molar-refractivity contribution in [2.75, 3.05) is 0 Å². The first kappa shape index (κ1) is 16.5. The molecule has 0 bridgehead atoms. The molecule has 0 radical (unpaired) electrons. The van der Waals surface area contributed by atoms with Gasteiger partial charge in [0.1, 0.15) is 0 Å². The number of aliphatic carboxylic acids is 1. The molecule has 3 rings (SSSR count). The predicted octanol–water partition coefficient (Wildman–Crippen LogP) is 4.39. The van der Waals surface area contributed by atoms with Gasteiger partial charge in [0.2, 0.25) is 0 Å².